The molecule has 2 nitrogen and oxygen atoms in total. The highest BCUT2D eigenvalue weighted by Gasteiger charge is 2.07. The fourth-order valence-corrected chi connectivity index (χ4v) is 2.52. The summed E-state index contributed by atoms with van der Waals surface area (Å²) in [4.78, 5) is 6.38. The van der Waals surface area contributed by atoms with Gasteiger partial charge >= 0.3 is 0 Å². The molecule has 4 rings (SSSR count). The zero-order chi connectivity index (χ0) is 12.2. The van der Waals surface area contributed by atoms with Crippen molar-refractivity contribution in [1.82, 2.24) is 9.97 Å². The maximum atomic E-state index is 3.26. The van der Waals surface area contributed by atoms with Crippen LogP contribution in [-0.4, -0.2) is 9.97 Å². The molecule has 18 heavy (non-hydrogen) atoms. The second-order valence-corrected chi connectivity index (χ2v) is 4.75. The van der Waals surface area contributed by atoms with E-state index in [1.807, 2.05) is 18.3 Å². The molecule has 2 heterocycles. The van der Waals surface area contributed by atoms with Gasteiger partial charge in [-0.2, -0.15) is 0 Å². The number of aromatic nitrogens is 2. The van der Waals surface area contributed by atoms with Crippen LogP contribution in [0.25, 0.3) is 10.9 Å². The molecule has 3 aromatic rings. The van der Waals surface area contributed by atoms with Crippen LogP contribution in [0.1, 0.15) is 24.1 Å². The van der Waals surface area contributed by atoms with Gasteiger partial charge in [-0.15, -0.1) is 0 Å². The summed E-state index contributed by atoms with van der Waals surface area (Å²) in [6.45, 7) is 0. The second kappa shape index (κ2) is 5.13. The van der Waals surface area contributed by atoms with Crippen LogP contribution in [0.5, 0.6) is 0 Å². The van der Waals surface area contributed by atoms with E-state index in [1.165, 1.54) is 42.3 Å². The predicted molar refractivity (Wildman–Crippen MR) is 75.7 cm³/mol. The Bertz CT molecular complexity index is 568. The highest BCUT2D eigenvalue weighted by molar-refractivity contribution is 5.78. The van der Waals surface area contributed by atoms with E-state index in [0.717, 1.165) is 0 Å². The Morgan fingerprint density at radius 2 is 1.61 bits per heavy atom. The Hall–Kier alpha value is -1.96. The lowest BCUT2D eigenvalue weighted by atomic mass is 9.98. The van der Waals surface area contributed by atoms with Crippen molar-refractivity contribution in [2.24, 2.45) is 0 Å². The Balaban J connectivity index is 0.000000111. The molecule has 0 aliphatic heterocycles. The number of hydrogen-bond donors (Lipinski definition) is 2. The van der Waals surface area contributed by atoms with E-state index in [-0.39, 0.29) is 0 Å². The van der Waals surface area contributed by atoms with Gasteiger partial charge in [-0.3, -0.25) is 0 Å². The van der Waals surface area contributed by atoms with E-state index in [2.05, 4.69) is 40.4 Å². The molecule has 0 fully saturated rings. The third kappa shape index (κ3) is 2.33. The monoisotopic (exact) mass is 238 g/mol. The molecule has 1 aromatic carbocycles. The molecule has 1 aliphatic rings. The number of fused-ring (bicyclic) bond motifs is 2. The minimum atomic E-state index is 1.21. The highest BCUT2D eigenvalue weighted by Crippen LogP contribution is 2.18. The average Bonchev–Trinajstić information content (AvgIpc) is 3.08. The summed E-state index contributed by atoms with van der Waals surface area (Å²) < 4.78 is 0. The van der Waals surface area contributed by atoms with Crippen LogP contribution in [-0.2, 0) is 12.8 Å². The number of para-hydroxylation sites is 1. The number of aryl methyl sites for hydroxylation is 2. The van der Waals surface area contributed by atoms with Crippen LogP contribution in [0.15, 0.2) is 48.8 Å². The third-order valence-corrected chi connectivity index (χ3v) is 3.52. The molecule has 0 bridgehead atoms. The molecule has 1 aliphatic carbocycles. The summed E-state index contributed by atoms with van der Waals surface area (Å²) in [5.74, 6) is 0. The maximum Gasteiger partial charge on any atom is 0.0453 e. The fourth-order valence-electron chi connectivity index (χ4n) is 2.52. The van der Waals surface area contributed by atoms with Crippen molar-refractivity contribution in [3.8, 4) is 0 Å². The number of nitrogens with one attached hydrogen (secondary N) is 2. The predicted octanol–water partition coefficient (Wildman–Crippen LogP) is 4.06. The lowest BCUT2D eigenvalue weighted by Gasteiger charge is -2.08. The maximum absolute atomic E-state index is 3.26. The third-order valence-electron chi connectivity index (χ3n) is 3.52. The van der Waals surface area contributed by atoms with Crippen molar-refractivity contribution >= 4 is 10.9 Å². The van der Waals surface area contributed by atoms with E-state index >= 15 is 0 Å². The Morgan fingerprint density at radius 1 is 0.778 bits per heavy atom. The largest absolute Gasteiger partial charge is 0.365 e. The van der Waals surface area contributed by atoms with Crippen LogP contribution in [0.2, 0.25) is 0 Å². The molecule has 2 heteroatoms. The van der Waals surface area contributed by atoms with Gasteiger partial charge in [-0.05, 0) is 54.8 Å². The van der Waals surface area contributed by atoms with Crippen LogP contribution in [0.3, 0.4) is 0 Å². The molecule has 0 spiro atoms. The summed E-state index contributed by atoms with van der Waals surface area (Å²) in [7, 11) is 0. The molecule has 0 amide bonds. The highest BCUT2D eigenvalue weighted by atomic mass is 14.7. The standard InChI is InChI=1S/C8H11N.C8H7N/c2*1-2-4-8-7(3-1)5-6-9-8/h5-6,9H,1-4H2;1-6,9H. The first-order valence-corrected chi connectivity index (χ1v) is 6.61. The smallest absolute Gasteiger partial charge is 0.0453 e. The van der Waals surface area contributed by atoms with Crippen molar-refractivity contribution < 1.29 is 0 Å². The van der Waals surface area contributed by atoms with Crippen LogP contribution in [0, 0.1) is 0 Å². The minimum absolute atomic E-state index is 1.21. The summed E-state index contributed by atoms with van der Waals surface area (Å²) in [5, 5.41) is 1.28. The van der Waals surface area contributed by atoms with Gasteiger partial charge in [0.2, 0.25) is 0 Å². The van der Waals surface area contributed by atoms with Crippen molar-refractivity contribution in [3.63, 3.8) is 0 Å². The molecule has 2 aromatic heterocycles. The van der Waals surface area contributed by atoms with Crippen LogP contribution >= 0.6 is 0 Å². The molecule has 0 saturated heterocycles. The quantitative estimate of drug-likeness (QED) is 0.592. The van der Waals surface area contributed by atoms with E-state index in [4.69, 9.17) is 0 Å². The molecular formula is C16H18N2. The molecule has 0 saturated carbocycles. The van der Waals surface area contributed by atoms with Crippen molar-refractivity contribution in [3.05, 3.63) is 60.0 Å². The number of aromatic amines is 2. The molecule has 0 unspecified atom stereocenters. The topological polar surface area (TPSA) is 31.6 Å². The van der Waals surface area contributed by atoms with Gasteiger partial charge in [0, 0.05) is 23.6 Å². The lowest BCUT2D eigenvalue weighted by Crippen LogP contribution is -1.99. The zero-order valence-corrected chi connectivity index (χ0v) is 10.4. The van der Waals surface area contributed by atoms with E-state index in [0.29, 0.717) is 0 Å². The first-order valence-electron chi connectivity index (χ1n) is 6.61. The summed E-state index contributed by atoms with van der Waals surface area (Å²) in [5.41, 5.74) is 4.22. The Labute approximate surface area is 107 Å². The molecular weight excluding hydrogens is 220 g/mol. The van der Waals surface area contributed by atoms with Gasteiger partial charge in [0.25, 0.3) is 0 Å². The molecule has 0 radical (unpaired) electrons. The SMILES string of the molecule is c1cc2c([nH]1)CCCC2.c1ccc2[nH]ccc2c1. The summed E-state index contributed by atoms with van der Waals surface area (Å²) >= 11 is 0. The Morgan fingerprint density at radius 3 is 2.50 bits per heavy atom. The van der Waals surface area contributed by atoms with E-state index < -0.39 is 0 Å². The fraction of sp³-hybridized carbons (Fsp3) is 0.250. The minimum Gasteiger partial charge on any atom is -0.365 e. The van der Waals surface area contributed by atoms with Gasteiger partial charge in [-0.25, -0.2) is 0 Å². The van der Waals surface area contributed by atoms with Crippen molar-refractivity contribution in [2.45, 2.75) is 25.7 Å². The normalized spacial score (nSPS) is 13.8. The molecule has 2 N–H and O–H groups in total. The summed E-state index contributed by atoms with van der Waals surface area (Å²) in [6, 6.07) is 12.5. The number of benzene rings is 1. The first kappa shape index (κ1) is 11.1. The van der Waals surface area contributed by atoms with E-state index in [9.17, 15) is 0 Å². The van der Waals surface area contributed by atoms with Gasteiger partial charge in [0.15, 0.2) is 0 Å². The summed E-state index contributed by atoms with van der Waals surface area (Å²) in [6.07, 6.45) is 9.31. The Kier molecular flexibility index (Phi) is 3.18. The van der Waals surface area contributed by atoms with Gasteiger partial charge in [0.05, 0.1) is 0 Å². The van der Waals surface area contributed by atoms with Crippen molar-refractivity contribution in [1.29, 1.82) is 0 Å². The number of H-pyrrole nitrogens is 2. The van der Waals surface area contributed by atoms with Gasteiger partial charge in [-0.1, -0.05) is 18.2 Å². The van der Waals surface area contributed by atoms with Crippen molar-refractivity contribution in [2.75, 3.05) is 0 Å². The van der Waals surface area contributed by atoms with Gasteiger partial charge in [0.1, 0.15) is 0 Å². The van der Waals surface area contributed by atoms with Crippen LogP contribution in [0.4, 0.5) is 0 Å². The van der Waals surface area contributed by atoms with Gasteiger partial charge < -0.3 is 9.97 Å². The second-order valence-electron chi connectivity index (χ2n) is 4.75. The molecule has 0 atom stereocenters. The number of hydrogen-bond acceptors (Lipinski definition) is 0. The number of rotatable bonds is 0. The van der Waals surface area contributed by atoms with E-state index in [1.54, 1.807) is 5.56 Å². The average molecular weight is 238 g/mol. The zero-order valence-electron chi connectivity index (χ0n) is 10.4. The lowest BCUT2D eigenvalue weighted by molar-refractivity contribution is 0.677. The first-order chi connectivity index (χ1) is 8.93. The van der Waals surface area contributed by atoms with Crippen LogP contribution < -0.4 is 0 Å². The molecule has 92 valence electrons.